The van der Waals surface area contributed by atoms with Gasteiger partial charge in [0.1, 0.15) is 5.69 Å². The number of nitrogens with zero attached hydrogens (tertiary/aromatic N) is 4. The molecule has 1 aromatic carbocycles. The molecule has 9 nitrogen and oxygen atoms in total. The monoisotopic (exact) mass is 360 g/mol. The fourth-order valence-corrected chi connectivity index (χ4v) is 3.28. The van der Waals surface area contributed by atoms with Crippen LogP contribution in [0.2, 0.25) is 0 Å². The van der Waals surface area contributed by atoms with Crippen molar-refractivity contribution in [1.29, 1.82) is 0 Å². The Hall–Kier alpha value is -3.59. The van der Waals surface area contributed by atoms with Crippen molar-refractivity contribution in [1.82, 2.24) is 35.7 Å². The topological polar surface area (TPSA) is 124 Å². The molecule has 27 heavy (non-hydrogen) atoms. The predicted octanol–water partition coefficient (Wildman–Crippen LogP) is 1.64. The largest absolute Gasteiger partial charge is 0.339 e. The molecule has 5 rings (SSSR count). The zero-order valence-corrected chi connectivity index (χ0v) is 14.3. The van der Waals surface area contributed by atoms with Crippen molar-refractivity contribution in [3.05, 3.63) is 53.6 Å². The van der Waals surface area contributed by atoms with Gasteiger partial charge in [-0.15, -0.1) is 0 Å². The average molecular weight is 360 g/mol. The maximum atomic E-state index is 12.8. The Labute approximate surface area is 153 Å². The van der Waals surface area contributed by atoms with Gasteiger partial charge < -0.3 is 15.6 Å². The van der Waals surface area contributed by atoms with Gasteiger partial charge in [-0.3, -0.25) is 9.89 Å². The van der Waals surface area contributed by atoms with Gasteiger partial charge in [0.05, 0.1) is 40.5 Å². The molecule has 0 bridgehead atoms. The molecule has 0 radical (unpaired) electrons. The SMILES string of the molecule is O=C(Nc1cn[nH]c1-c1nc2c([nH]1)CNCC2)c1cnnc2ccccc12. The van der Waals surface area contributed by atoms with Crippen molar-refractivity contribution in [2.24, 2.45) is 0 Å². The lowest BCUT2D eigenvalue weighted by atomic mass is 10.1. The number of anilines is 1. The van der Waals surface area contributed by atoms with Crippen LogP contribution in [0.4, 0.5) is 5.69 Å². The van der Waals surface area contributed by atoms with Crippen LogP contribution in [-0.2, 0) is 13.0 Å². The molecule has 0 aliphatic carbocycles. The van der Waals surface area contributed by atoms with Crippen molar-refractivity contribution in [2.75, 3.05) is 11.9 Å². The lowest BCUT2D eigenvalue weighted by Crippen LogP contribution is -2.23. The Morgan fingerprint density at radius 3 is 3.04 bits per heavy atom. The number of aromatic amines is 2. The lowest BCUT2D eigenvalue weighted by molar-refractivity contribution is 0.102. The highest BCUT2D eigenvalue weighted by Gasteiger charge is 2.20. The van der Waals surface area contributed by atoms with Crippen molar-refractivity contribution in [2.45, 2.75) is 13.0 Å². The van der Waals surface area contributed by atoms with Crippen LogP contribution < -0.4 is 10.6 Å². The number of hydrogen-bond donors (Lipinski definition) is 4. The van der Waals surface area contributed by atoms with E-state index in [0.29, 0.717) is 28.3 Å². The minimum Gasteiger partial charge on any atom is -0.339 e. The summed E-state index contributed by atoms with van der Waals surface area (Å²) in [6.45, 7) is 1.67. The van der Waals surface area contributed by atoms with Crippen LogP contribution in [0.5, 0.6) is 0 Å². The fourth-order valence-electron chi connectivity index (χ4n) is 3.28. The van der Waals surface area contributed by atoms with E-state index in [9.17, 15) is 4.79 Å². The number of imidazole rings is 1. The van der Waals surface area contributed by atoms with Crippen LogP contribution in [0.25, 0.3) is 22.4 Å². The number of hydrogen-bond acceptors (Lipinski definition) is 6. The number of benzene rings is 1. The number of fused-ring (bicyclic) bond motifs is 2. The van der Waals surface area contributed by atoms with Gasteiger partial charge in [-0.1, -0.05) is 18.2 Å². The third-order valence-corrected chi connectivity index (χ3v) is 4.62. The first-order valence-corrected chi connectivity index (χ1v) is 8.63. The van der Waals surface area contributed by atoms with Gasteiger partial charge >= 0.3 is 0 Å². The van der Waals surface area contributed by atoms with E-state index in [1.165, 1.54) is 6.20 Å². The molecule has 0 spiro atoms. The van der Waals surface area contributed by atoms with Crippen LogP contribution in [0.3, 0.4) is 0 Å². The molecule has 0 unspecified atom stereocenters. The summed E-state index contributed by atoms with van der Waals surface area (Å²) >= 11 is 0. The standard InChI is InChI=1S/C18H16N8O/c27-18(11-7-20-25-12-4-2-1-3-10(11)12)24-15-9-21-26-16(15)17-22-13-5-6-19-8-14(13)23-17/h1-4,7,9,19H,5-6,8H2,(H,21,26)(H,22,23)(H,24,27). The second-order valence-corrected chi connectivity index (χ2v) is 6.33. The van der Waals surface area contributed by atoms with Crippen LogP contribution in [-0.4, -0.2) is 42.8 Å². The molecule has 4 heterocycles. The molecule has 134 valence electrons. The molecule has 3 aromatic heterocycles. The molecule has 0 saturated heterocycles. The van der Waals surface area contributed by atoms with E-state index in [1.54, 1.807) is 6.20 Å². The first-order chi connectivity index (χ1) is 13.3. The van der Waals surface area contributed by atoms with Crippen LogP contribution in [0.15, 0.2) is 36.7 Å². The number of carbonyl (C=O) groups is 1. The number of amides is 1. The third-order valence-electron chi connectivity index (χ3n) is 4.62. The van der Waals surface area contributed by atoms with E-state index in [-0.39, 0.29) is 5.91 Å². The summed E-state index contributed by atoms with van der Waals surface area (Å²) < 4.78 is 0. The number of carbonyl (C=O) groups excluding carboxylic acids is 1. The maximum Gasteiger partial charge on any atom is 0.258 e. The minimum atomic E-state index is -0.276. The first kappa shape index (κ1) is 15.6. The zero-order chi connectivity index (χ0) is 18.2. The molecule has 1 aliphatic rings. The Balaban J connectivity index is 1.47. The second-order valence-electron chi connectivity index (χ2n) is 6.33. The molecular formula is C18H16N8O. The van der Waals surface area contributed by atoms with E-state index >= 15 is 0 Å². The normalized spacial score (nSPS) is 13.5. The Kier molecular flexibility index (Phi) is 3.65. The van der Waals surface area contributed by atoms with E-state index in [0.717, 1.165) is 36.3 Å². The van der Waals surface area contributed by atoms with Crippen molar-refractivity contribution < 1.29 is 4.79 Å². The van der Waals surface area contributed by atoms with Gasteiger partial charge in [-0.05, 0) is 6.07 Å². The average Bonchev–Trinajstić information content (AvgIpc) is 3.33. The minimum absolute atomic E-state index is 0.276. The molecule has 1 amide bonds. The van der Waals surface area contributed by atoms with Crippen molar-refractivity contribution in [3.63, 3.8) is 0 Å². The summed E-state index contributed by atoms with van der Waals surface area (Å²) in [4.78, 5) is 20.8. The summed E-state index contributed by atoms with van der Waals surface area (Å²) in [7, 11) is 0. The zero-order valence-electron chi connectivity index (χ0n) is 14.3. The highest BCUT2D eigenvalue weighted by Crippen LogP contribution is 2.26. The first-order valence-electron chi connectivity index (χ1n) is 8.63. The number of H-pyrrole nitrogens is 2. The van der Waals surface area contributed by atoms with Gasteiger partial charge in [0.25, 0.3) is 5.91 Å². The van der Waals surface area contributed by atoms with Crippen LogP contribution in [0.1, 0.15) is 21.7 Å². The predicted molar refractivity (Wildman–Crippen MR) is 99.1 cm³/mol. The summed E-state index contributed by atoms with van der Waals surface area (Å²) in [5, 5.41) is 21.9. The molecule has 1 aliphatic heterocycles. The Bertz CT molecular complexity index is 1120. The quantitative estimate of drug-likeness (QED) is 0.440. The summed E-state index contributed by atoms with van der Waals surface area (Å²) in [6.07, 6.45) is 3.91. The highest BCUT2D eigenvalue weighted by atomic mass is 16.1. The van der Waals surface area contributed by atoms with E-state index in [4.69, 9.17) is 0 Å². The van der Waals surface area contributed by atoms with Crippen LogP contribution >= 0.6 is 0 Å². The number of nitrogens with one attached hydrogen (secondary N) is 4. The third kappa shape index (κ3) is 2.74. The Morgan fingerprint density at radius 1 is 1.19 bits per heavy atom. The lowest BCUT2D eigenvalue weighted by Gasteiger charge is -2.09. The smallest absolute Gasteiger partial charge is 0.258 e. The molecule has 9 heteroatoms. The van der Waals surface area contributed by atoms with Gasteiger partial charge in [0.2, 0.25) is 0 Å². The highest BCUT2D eigenvalue weighted by molar-refractivity contribution is 6.12. The summed E-state index contributed by atoms with van der Waals surface area (Å²) in [5.41, 5.74) is 4.43. The van der Waals surface area contributed by atoms with Crippen molar-refractivity contribution in [3.8, 4) is 11.5 Å². The molecule has 4 N–H and O–H groups in total. The molecule has 0 fully saturated rings. The fraction of sp³-hybridized carbons (Fsp3) is 0.167. The van der Waals surface area contributed by atoms with E-state index in [1.807, 2.05) is 24.3 Å². The van der Waals surface area contributed by atoms with Gasteiger partial charge in [-0.2, -0.15) is 15.3 Å². The van der Waals surface area contributed by atoms with E-state index < -0.39 is 0 Å². The Morgan fingerprint density at radius 2 is 2.11 bits per heavy atom. The molecular weight excluding hydrogens is 344 g/mol. The molecule has 4 aromatic rings. The number of rotatable bonds is 3. The maximum absolute atomic E-state index is 12.8. The second kappa shape index (κ2) is 6.29. The van der Waals surface area contributed by atoms with Gasteiger partial charge in [0.15, 0.2) is 5.82 Å². The van der Waals surface area contributed by atoms with Crippen LogP contribution in [0, 0.1) is 0 Å². The van der Waals surface area contributed by atoms with Gasteiger partial charge in [0, 0.05) is 24.9 Å². The molecule has 0 atom stereocenters. The van der Waals surface area contributed by atoms with Crippen molar-refractivity contribution >= 4 is 22.5 Å². The molecule has 0 saturated carbocycles. The number of aromatic nitrogens is 6. The summed E-state index contributed by atoms with van der Waals surface area (Å²) in [5.74, 6) is 0.385. The summed E-state index contributed by atoms with van der Waals surface area (Å²) in [6, 6.07) is 7.40. The van der Waals surface area contributed by atoms with E-state index in [2.05, 4.69) is 41.0 Å². The van der Waals surface area contributed by atoms with Gasteiger partial charge in [-0.25, -0.2) is 4.98 Å².